The molecule has 3 rings (SSSR count). The molecule has 0 saturated heterocycles. The van der Waals surface area contributed by atoms with E-state index < -0.39 is 0 Å². The maximum absolute atomic E-state index is 13.1. The van der Waals surface area contributed by atoms with Gasteiger partial charge in [0.15, 0.2) is 0 Å². The lowest BCUT2D eigenvalue weighted by molar-refractivity contribution is 0.0931. The van der Waals surface area contributed by atoms with Gasteiger partial charge >= 0.3 is 0 Å². The van der Waals surface area contributed by atoms with Gasteiger partial charge < -0.3 is 10.1 Å². The fourth-order valence-corrected chi connectivity index (χ4v) is 2.22. The standard InChI is InChI=1S/C18H17FN4O2/c1-13(25-16-4-2-3-15(19)9-16)10-22-18(24)14-5-6-17(21-11-14)23-8-7-20-12-23/h2-9,11-13H,10H2,1H3,(H,22,24). The lowest BCUT2D eigenvalue weighted by Gasteiger charge is -2.15. The topological polar surface area (TPSA) is 69.0 Å². The van der Waals surface area contributed by atoms with Gasteiger partial charge in [-0.15, -0.1) is 0 Å². The molecule has 3 aromatic rings. The summed E-state index contributed by atoms with van der Waals surface area (Å²) < 4.78 is 20.4. The largest absolute Gasteiger partial charge is 0.489 e. The molecule has 2 heterocycles. The van der Waals surface area contributed by atoms with Crippen LogP contribution >= 0.6 is 0 Å². The summed E-state index contributed by atoms with van der Waals surface area (Å²) in [5.74, 6) is 0.488. The van der Waals surface area contributed by atoms with Gasteiger partial charge in [0.05, 0.1) is 12.1 Å². The number of benzene rings is 1. The van der Waals surface area contributed by atoms with Crippen LogP contribution in [0.25, 0.3) is 5.82 Å². The van der Waals surface area contributed by atoms with E-state index in [0.29, 0.717) is 23.7 Å². The van der Waals surface area contributed by atoms with Crippen LogP contribution in [0.3, 0.4) is 0 Å². The van der Waals surface area contributed by atoms with Crippen molar-refractivity contribution in [3.8, 4) is 11.6 Å². The van der Waals surface area contributed by atoms with Gasteiger partial charge in [0.25, 0.3) is 5.91 Å². The van der Waals surface area contributed by atoms with Crippen LogP contribution < -0.4 is 10.1 Å². The smallest absolute Gasteiger partial charge is 0.252 e. The average molecular weight is 340 g/mol. The van der Waals surface area contributed by atoms with Crippen LogP contribution in [-0.4, -0.2) is 33.1 Å². The van der Waals surface area contributed by atoms with Gasteiger partial charge in [-0.3, -0.25) is 9.36 Å². The van der Waals surface area contributed by atoms with E-state index in [9.17, 15) is 9.18 Å². The molecule has 0 radical (unpaired) electrons. The number of pyridine rings is 1. The molecule has 0 aliphatic heterocycles. The fraction of sp³-hybridized carbons (Fsp3) is 0.167. The molecule has 6 nitrogen and oxygen atoms in total. The highest BCUT2D eigenvalue weighted by Crippen LogP contribution is 2.13. The molecule has 0 aliphatic carbocycles. The van der Waals surface area contributed by atoms with Crippen molar-refractivity contribution in [1.82, 2.24) is 19.9 Å². The van der Waals surface area contributed by atoms with Crippen molar-refractivity contribution in [2.45, 2.75) is 13.0 Å². The van der Waals surface area contributed by atoms with Crippen molar-refractivity contribution in [1.29, 1.82) is 0 Å². The molecule has 1 atom stereocenters. The molecular formula is C18H17FN4O2. The van der Waals surface area contributed by atoms with Crippen LogP contribution in [0, 0.1) is 5.82 Å². The summed E-state index contributed by atoms with van der Waals surface area (Å²) in [7, 11) is 0. The Morgan fingerprint density at radius 1 is 1.36 bits per heavy atom. The Morgan fingerprint density at radius 2 is 2.24 bits per heavy atom. The van der Waals surface area contributed by atoms with E-state index in [0.717, 1.165) is 0 Å². The summed E-state index contributed by atoms with van der Waals surface area (Å²) in [5.41, 5.74) is 0.446. The molecule has 25 heavy (non-hydrogen) atoms. The number of halogens is 1. The van der Waals surface area contributed by atoms with Crippen LogP contribution in [0.1, 0.15) is 17.3 Å². The Labute approximate surface area is 144 Å². The van der Waals surface area contributed by atoms with E-state index in [-0.39, 0.29) is 17.8 Å². The molecule has 0 spiro atoms. The van der Waals surface area contributed by atoms with Gasteiger partial charge in [0.1, 0.15) is 29.8 Å². The average Bonchev–Trinajstić information content (AvgIpc) is 3.14. The minimum absolute atomic E-state index is 0.251. The van der Waals surface area contributed by atoms with Crippen molar-refractivity contribution in [2.75, 3.05) is 6.54 Å². The van der Waals surface area contributed by atoms with Crippen molar-refractivity contribution in [2.24, 2.45) is 0 Å². The Morgan fingerprint density at radius 3 is 2.92 bits per heavy atom. The number of carbonyl (C=O) groups excluding carboxylic acids is 1. The fourth-order valence-electron chi connectivity index (χ4n) is 2.22. The van der Waals surface area contributed by atoms with E-state index in [1.54, 1.807) is 54.5 Å². The monoisotopic (exact) mass is 340 g/mol. The Bertz CT molecular complexity index is 835. The molecule has 0 fully saturated rings. The molecule has 1 aromatic carbocycles. The van der Waals surface area contributed by atoms with E-state index in [1.165, 1.54) is 18.3 Å². The quantitative estimate of drug-likeness (QED) is 0.749. The molecule has 0 bridgehead atoms. The van der Waals surface area contributed by atoms with Crippen molar-refractivity contribution >= 4 is 5.91 Å². The third-order valence-electron chi connectivity index (χ3n) is 3.46. The van der Waals surface area contributed by atoms with Gasteiger partial charge in [-0.05, 0) is 31.2 Å². The first-order chi connectivity index (χ1) is 12.1. The predicted molar refractivity (Wildman–Crippen MR) is 90.2 cm³/mol. The zero-order chi connectivity index (χ0) is 17.6. The normalized spacial score (nSPS) is 11.8. The molecule has 0 saturated carbocycles. The second kappa shape index (κ2) is 7.57. The summed E-state index contributed by atoms with van der Waals surface area (Å²) in [6.07, 6.45) is 6.26. The third kappa shape index (κ3) is 4.41. The van der Waals surface area contributed by atoms with Crippen LogP contribution in [0.5, 0.6) is 5.75 Å². The number of nitrogens with zero attached hydrogens (tertiary/aromatic N) is 3. The van der Waals surface area contributed by atoms with Gasteiger partial charge in [-0.1, -0.05) is 6.07 Å². The molecule has 128 valence electrons. The highest BCUT2D eigenvalue weighted by molar-refractivity contribution is 5.93. The highest BCUT2D eigenvalue weighted by Gasteiger charge is 2.10. The minimum atomic E-state index is -0.363. The lowest BCUT2D eigenvalue weighted by atomic mass is 10.2. The zero-order valence-electron chi connectivity index (χ0n) is 13.6. The summed E-state index contributed by atoms with van der Waals surface area (Å²) in [6.45, 7) is 2.09. The molecular weight excluding hydrogens is 323 g/mol. The predicted octanol–water partition coefficient (Wildman–Crippen LogP) is 2.60. The first kappa shape index (κ1) is 16.6. The first-order valence-corrected chi connectivity index (χ1v) is 7.76. The highest BCUT2D eigenvalue weighted by atomic mass is 19.1. The van der Waals surface area contributed by atoms with Gasteiger partial charge in [0, 0.05) is 24.7 Å². The Balaban J connectivity index is 1.53. The Hall–Kier alpha value is -3.22. The first-order valence-electron chi connectivity index (χ1n) is 7.76. The number of hydrogen-bond donors (Lipinski definition) is 1. The Kier molecular flexibility index (Phi) is 5.03. The third-order valence-corrected chi connectivity index (χ3v) is 3.46. The summed E-state index contributed by atoms with van der Waals surface area (Å²) in [6, 6.07) is 9.32. The van der Waals surface area contributed by atoms with E-state index >= 15 is 0 Å². The van der Waals surface area contributed by atoms with Crippen molar-refractivity contribution < 1.29 is 13.9 Å². The van der Waals surface area contributed by atoms with Crippen LogP contribution in [-0.2, 0) is 0 Å². The van der Waals surface area contributed by atoms with E-state index in [4.69, 9.17) is 4.74 Å². The zero-order valence-corrected chi connectivity index (χ0v) is 13.6. The number of rotatable bonds is 6. The van der Waals surface area contributed by atoms with E-state index in [1.807, 2.05) is 0 Å². The summed E-state index contributed by atoms with van der Waals surface area (Å²) in [4.78, 5) is 20.4. The number of aromatic nitrogens is 3. The molecule has 0 aliphatic rings. The second-order valence-electron chi connectivity index (χ2n) is 5.47. The number of nitrogens with one attached hydrogen (secondary N) is 1. The van der Waals surface area contributed by atoms with Gasteiger partial charge in [-0.2, -0.15) is 0 Å². The minimum Gasteiger partial charge on any atom is -0.489 e. The number of ether oxygens (including phenoxy) is 1. The molecule has 1 unspecified atom stereocenters. The van der Waals surface area contributed by atoms with Gasteiger partial charge in [-0.25, -0.2) is 14.4 Å². The van der Waals surface area contributed by atoms with Crippen molar-refractivity contribution in [3.05, 3.63) is 72.7 Å². The van der Waals surface area contributed by atoms with Crippen LogP contribution in [0.4, 0.5) is 4.39 Å². The number of amides is 1. The van der Waals surface area contributed by atoms with Crippen molar-refractivity contribution in [3.63, 3.8) is 0 Å². The maximum atomic E-state index is 13.1. The lowest BCUT2D eigenvalue weighted by Crippen LogP contribution is -2.33. The molecule has 7 heteroatoms. The number of carbonyl (C=O) groups is 1. The molecule has 2 aromatic heterocycles. The van der Waals surface area contributed by atoms with Crippen LogP contribution in [0.15, 0.2) is 61.3 Å². The van der Waals surface area contributed by atoms with E-state index in [2.05, 4.69) is 15.3 Å². The maximum Gasteiger partial charge on any atom is 0.252 e. The van der Waals surface area contributed by atoms with Gasteiger partial charge in [0.2, 0.25) is 0 Å². The van der Waals surface area contributed by atoms with Crippen LogP contribution in [0.2, 0.25) is 0 Å². The number of hydrogen-bond acceptors (Lipinski definition) is 4. The second-order valence-corrected chi connectivity index (χ2v) is 5.47. The summed E-state index contributed by atoms with van der Waals surface area (Å²) in [5, 5.41) is 2.77. The molecule has 1 N–H and O–H groups in total. The summed E-state index contributed by atoms with van der Waals surface area (Å²) >= 11 is 0. The molecule has 1 amide bonds. The number of imidazole rings is 1. The SMILES string of the molecule is CC(CNC(=O)c1ccc(-n2ccnc2)nc1)Oc1cccc(F)c1.